The van der Waals surface area contributed by atoms with Gasteiger partial charge >= 0.3 is 11.9 Å². The summed E-state index contributed by atoms with van der Waals surface area (Å²) in [5.74, 6) is -2.35. The first-order valence-electron chi connectivity index (χ1n) is 37.1. The quantitative estimate of drug-likeness (QED) is 0.0166. The van der Waals surface area contributed by atoms with Gasteiger partial charge in [-0.15, -0.1) is 0 Å². The van der Waals surface area contributed by atoms with E-state index in [-0.39, 0.29) is 99.9 Å². The molecule has 0 saturated carbocycles. The minimum Gasteiger partial charge on any atom is -0.461 e. The summed E-state index contributed by atoms with van der Waals surface area (Å²) in [6, 6.07) is 77.1. The number of nitrogens with one attached hydrogen (secondary N) is 2. The summed E-state index contributed by atoms with van der Waals surface area (Å²) in [6.45, 7) is 21.5. The summed E-state index contributed by atoms with van der Waals surface area (Å²) in [5.41, 5.74) is 4.45. The molecule has 0 fully saturated rings. The van der Waals surface area contributed by atoms with Crippen LogP contribution in [0.25, 0.3) is 0 Å². The lowest BCUT2D eigenvalue weighted by Crippen LogP contribution is -2.53. The molecule has 8 aromatic carbocycles. The highest BCUT2D eigenvalue weighted by atomic mass is 35.5. The highest BCUT2D eigenvalue weighted by Crippen LogP contribution is 2.39. The van der Waals surface area contributed by atoms with E-state index in [0.717, 1.165) is 63.8 Å². The number of hydrogen-bond acceptors (Lipinski definition) is 10. The number of esters is 2. The predicted octanol–water partition coefficient (Wildman–Crippen LogP) is 20.5. The Morgan fingerprint density at radius 2 is 0.736 bits per heavy atom. The van der Waals surface area contributed by atoms with E-state index in [1.54, 1.807) is 6.92 Å². The molecule has 0 saturated heterocycles. The molecule has 0 aliphatic rings. The van der Waals surface area contributed by atoms with Crippen LogP contribution in [0.15, 0.2) is 243 Å². The zero-order valence-electron chi connectivity index (χ0n) is 63.0. The number of hydrogen-bond donors (Lipinski definition) is 2. The van der Waals surface area contributed by atoms with E-state index < -0.39 is 34.9 Å². The Morgan fingerprint density at radius 1 is 0.415 bits per heavy atom. The maximum absolute atomic E-state index is 14.4. The maximum Gasteiger partial charge on any atom is 0.329 e. The lowest BCUT2D eigenvalue weighted by atomic mass is 9.76. The Kier molecular flexibility index (Phi) is 39.5. The molecule has 13 nitrogen and oxygen atoms in total. The van der Waals surface area contributed by atoms with Gasteiger partial charge in [0.25, 0.3) is 0 Å². The first-order valence-corrected chi connectivity index (χ1v) is 37.5. The fourth-order valence-corrected chi connectivity index (χ4v) is 12.5. The molecule has 14 heteroatoms. The number of unbranched alkanes of at least 4 members (excludes halogenated alkanes) is 6. The van der Waals surface area contributed by atoms with Crippen LogP contribution in [0.3, 0.4) is 0 Å². The minimum absolute atomic E-state index is 0. The van der Waals surface area contributed by atoms with Crippen LogP contribution < -0.4 is 10.6 Å². The number of carbonyl (C=O) groups is 6. The summed E-state index contributed by atoms with van der Waals surface area (Å²) in [6.07, 6.45) is 10.3. The van der Waals surface area contributed by atoms with Crippen LogP contribution in [-0.4, -0.2) is 76.8 Å². The van der Waals surface area contributed by atoms with Crippen LogP contribution in [0, 0.1) is 17.8 Å². The summed E-state index contributed by atoms with van der Waals surface area (Å²) in [7, 11) is 0. The zero-order valence-corrected chi connectivity index (χ0v) is 63.8. The zero-order chi connectivity index (χ0) is 75.2. The van der Waals surface area contributed by atoms with E-state index in [1.807, 2.05) is 291 Å². The largest absolute Gasteiger partial charge is 0.461 e. The molecule has 0 aliphatic heterocycles. The van der Waals surface area contributed by atoms with Crippen LogP contribution in [0.2, 0.25) is 0 Å². The second kappa shape index (κ2) is 46.8. The normalized spacial score (nSPS) is 12.4. The summed E-state index contributed by atoms with van der Waals surface area (Å²) in [4.78, 5) is 81.4. The van der Waals surface area contributed by atoms with Gasteiger partial charge in [-0.05, 0) is 129 Å². The van der Waals surface area contributed by atoms with E-state index in [4.69, 9.17) is 30.5 Å². The van der Waals surface area contributed by atoms with Crippen molar-refractivity contribution in [2.45, 2.75) is 209 Å². The van der Waals surface area contributed by atoms with Crippen molar-refractivity contribution in [3.05, 3.63) is 287 Å². The number of carbonyl (C=O) groups excluding carboxylic acids is 6. The van der Waals surface area contributed by atoms with Gasteiger partial charge in [0.05, 0.1) is 30.1 Å². The summed E-state index contributed by atoms with van der Waals surface area (Å²) < 4.78 is 23.6. The van der Waals surface area contributed by atoms with Crippen molar-refractivity contribution >= 4 is 46.5 Å². The number of halogens is 1. The van der Waals surface area contributed by atoms with Gasteiger partial charge in [0, 0.05) is 32.4 Å². The molecule has 0 unspecified atom stereocenters. The van der Waals surface area contributed by atoms with Gasteiger partial charge in [0.2, 0.25) is 23.0 Å². The molecule has 570 valence electrons. The SMILES string of the molecule is C.C.CCC(=O)N(C[C@@H](C)COC(C)(C)C)[C@@H](CC(=O)NC(c1ccccc1)(c1ccccc1)c1ccccc1)C(=O)OCc1ccccc1.CCCCCCCCCC(=O)Cl.C[C@H](CC[C@@H](CC(=O)NC(c1ccccc1)(c1ccccc1)c1ccccc1)C(=O)OCc1ccccc1)COC(C)(C)C. The Labute approximate surface area is 639 Å². The van der Waals surface area contributed by atoms with Gasteiger partial charge in [-0.25, -0.2) is 4.79 Å². The summed E-state index contributed by atoms with van der Waals surface area (Å²) >= 11 is 5.20. The Morgan fingerprint density at radius 3 is 1.08 bits per heavy atom. The van der Waals surface area contributed by atoms with Crippen LogP contribution in [0.1, 0.15) is 212 Å². The first kappa shape index (κ1) is 89.4. The predicted molar refractivity (Wildman–Crippen MR) is 432 cm³/mol. The van der Waals surface area contributed by atoms with Crippen LogP contribution in [-0.2, 0) is 72.0 Å². The number of nitrogens with zero attached hydrogens (tertiary/aromatic N) is 1. The number of benzene rings is 8. The number of amides is 3. The van der Waals surface area contributed by atoms with E-state index in [9.17, 15) is 28.8 Å². The van der Waals surface area contributed by atoms with Gasteiger partial charge in [-0.1, -0.05) is 324 Å². The molecule has 8 rings (SSSR count). The molecule has 0 spiro atoms. The van der Waals surface area contributed by atoms with Gasteiger partial charge in [-0.2, -0.15) is 0 Å². The number of rotatable bonds is 37. The third-order valence-electron chi connectivity index (χ3n) is 17.9. The van der Waals surface area contributed by atoms with Gasteiger partial charge < -0.3 is 34.5 Å². The smallest absolute Gasteiger partial charge is 0.329 e. The van der Waals surface area contributed by atoms with E-state index in [2.05, 4.69) is 24.5 Å². The fourth-order valence-electron chi connectivity index (χ4n) is 12.3. The van der Waals surface area contributed by atoms with Crippen LogP contribution in [0.5, 0.6) is 0 Å². The van der Waals surface area contributed by atoms with E-state index in [0.29, 0.717) is 26.1 Å². The molecule has 0 heterocycles. The van der Waals surface area contributed by atoms with E-state index >= 15 is 0 Å². The number of ether oxygens (including phenoxy) is 4. The average Bonchev–Trinajstić information content (AvgIpc) is 0.761. The molecule has 0 bridgehead atoms. The molecule has 4 atom stereocenters. The molecule has 0 aromatic heterocycles. The molecule has 0 aliphatic carbocycles. The van der Waals surface area contributed by atoms with Crippen LogP contribution in [0.4, 0.5) is 0 Å². The Balaban J connectivity index is 0.000000382. The van der Waals surface area contributed by atoms with Crippen molar-refractivity contribution in [2.75, 3.05) is 19.8 Å². The maximum atomic E-state index is 14.4. The highest BCUT2D eigenvalue weighted by Gasteiger charge is 2.42. The van der Waals surface area contributed by atoms with Crippen molar-refractivity contribution in [1.82, 2.24) is 15.5 Å². The topological polar surface area (TPSA) is 167 Å². The van der Waals surface area contributed by atoms with Crippen molar-refractivity contribution < 1.29 is 47.7 Å². The van der Waals surface area contributed by atoms with Crippen LogP contribution >= 0.6 is 11.6 Å². The van der Waals surface area contributed by atoms with Crippen molar-refractivity contribution in [3.63, 3.8) is 0 Å². The second-order valence-corrected chi connectivity index (χ2v) is 29.3. The third kappa shape index (κ3) is 30.1. The molecular formula is C92H120ClN3O10. The molecular weight excluding hydrogens is 1340 g/mol. The van der Waals surface area contributed by atoms with Crippen molar-refractivity contribution in [3.8, 4) is 0 Å². The standard InChI is InChI=1S/C41H48N2O5.C39H45NO4.C10H19ClO.2CH4/c1-6-38(45)43(28-31(2)29-48-40(3,4)5)36(39(46)47-30-32-19-11-7-12-20-32)27-37(44)42-41(33-21-13-8-14-22-33,34-23-15-9-16-24-34)35-25-17-10-18-26-35;1-30(28-44-38(2,3)4)25-26-32(37(42)43-29-31-17-9-5-10-18-31)27-36(41)40-39(33-19-11-6-12-20-33,34-21-13-7-14-22-34)35-23-15-8-16-24-35;1-2-3-4-5-6-7-8-9-10(11)12;;/h7-26,31,36H,6,27-30H2,1-5H3,(H,42,44);5-24,30,32H,25-29H2,1-4H3,(H,40,41);2-9H2,1H3;2*1H4/t31-,36+;30-,32+;;;/m11.../s1. The molecule has 106 heavy (non-hydrogen) atoms. The summed E-state index contributed by atoms with van der Waals surface area (Å²) in [5, 5.41) is 6.55. The molecule has 8 aromatic rings. The molecule has 3 amide bonds. The Bertz CT molecular complexity index is 3570. The van der Waals surface area contributed by atoms with Crippen molar-refractivity contribution in [1.29, 1.82) is 0 Å². The van der Waals surface area contributed by atoms with Gasteiger partial charge in [0.1, 0.15) is 30.3 Å². The minimum atomic E-state index is -1.15. The molecule has 0 radical (unpaired) electrons. The Hall–Kier alpha value is -9.01. The average molecular weight is 1460 g/mol. The van der Waals surface area contributed by atoms with E-state index in [1.165, 1.54) is 37.0 Å². The monoisotopic (exact) mass is 1460 g/mol. The second-order valence-electron chi connectivity index (χ2n) is 28.9. The third-order valence-corrected chi connectivity index (χ3v) is 18.0. The first-order chi connectivity index (χ1) is 50.0. The highest BCUT2D eigenvalue weighted by molar-refractivity contribution is 6.63. The van der Waals surface area contributed by atoms with Crippen molar-refractivity contribution in [2.24, 2.45) is 17.8 Å². The van der Waals surface area contributed by atoms with Gasteiger partial charge in [0.15, 0.2) is 0 Å². The molecule has 2 N–H and O–H groups in total. The fraction of sp³-hybridized carbons (Fsp3) is 0.413. The lowest BCUT2D eigenvalue weighted by molar-refractivity contribution is -0.158. The van der Waals surface area contributed by atoms with Gasteiger partial charge in [-0.3, -0.25) is 24.0 Å². The lowest BCUT2D eigenvalue weighted by Gasteiger charge is -2.38.